The van der Waals surface area contributed by atoms with E-state index in [-0.39, 0.29) is 6.04 Å². The Hall–Kier alpha value is 0.200. The minimum absolute atomic E-state index is 0.157. The Balaban J connectivity index is 2.60. The average molecular weight is 294 g/mol. The van der Waals surface area contributed by atoms with E-state index in [1.165, 1.54) is 9.13 Å². The maximum Gasteiger partial charge on any atom is 0.0467 e. The van der Waals surface area contributed by atoms with Crippen LogP contribution >= 0.6 is 34.2 Å². The molecule has 0 heterocycles. The Morgan fingerprint density at radius 3 is 3.00 bits per heavy atom. The van der Waals surface area contributed by atoms with Crippen LogP contribution in [0.25, 0.3) is 0 Å². The third kappa shape index (κ3) is 1.36. The molecule has 12 heavy (non-hydrogen) atoms. The number of aryl methyl sites for hydroxylation is 1. The van der Waals surface area contributed by atoms with Gasteiger partial charge in [-0.3, -0.25) is 0 Å². The molecule has 0 unspecified atom stereocenters. The number of nitrogens with two attached hydrogens (primary N) is 1. The first kappa shape index (κ1) is 8.78. The maximum atomic E-state index is 6.08. The summed E-state index contributed by atoms with van der Waals surface area (Å²) in [6.07, 6.45) is 2.11. The molecule has 0 fully saturated rings. The predicted molar refractivity (Wildman–Crippen MR) is 59.4 cm³/mol. The molecule has 1 aliphatic rings. The summed E-state index contributed by atoms with van der Waals surface area (Å²) in [5.74, 6) is 0. The van der Waals surface area contributed by atoms with Crippen molar-refractivity contribution < 1.29 is 0 Å². The van der Waals surface area contributed by atoms with Crippen molar-refractivity contribution in [3.05, 3.63) is 31.9 Å². The van der Waals surface area contributed by atoms with Crippen LogP contribution in [0.4, 0.5) is 0 Å². The summed E-state index contributed by atoms with van der Waals surface area (Å²) < 4.78 is 1.20. The monoisotopic (exact) mass is 293 g/mol. The van der Waals surface area contributed by atoms with Gasteiger partial charge in [0.1, 0.15) is 0 Å². The number of rotatable bonds is 0. The normalized spacial score (nSPS) is 21.1. The molecule has 3 heteroatoms. The fourth-order valence-electron chi connectivity index (χ4n) is 1.72. The molecule has 0 bridgehead atoms. The average Bonchev–Trinajstić information content (AvgIpc) is 2.31. The SMILES string of the molecule is N[C@@H]1CCc2cc(I)cc(Cl)c21. The molecule has 0 spiro atoms. The molecular weight excluding hydrogens is 284 g/mol. The Morgan fingerprint density at radius 2 is 2.25 bits per heavy atom. The first-order chi connectivity index (χ1) is 5.68. The van der Waals surface area contributed by atoms with Gasteiger partial charge in [0, 0.05) is 14.6 Å². The van der Waals surface area contributed by atoms with Gasteiger partial charge in [-0.15, -0.1) is 0 Å². The molecule has 0 saturated carbocycles. The summed E-state index contributed by atoms with van der Waals surface area (Å²) in [6, 6.07) is 4.31. The summed E-state index contributed by atoms with van der Waals surface area (Å²) in [5, 5.41) is 0.835. The largest absolute Gasteiger partial charge is 0.324 e. The second-order valence-corrected chi connectivity index (χ2v) is 4.76. The Bertz CT molecular complexity index is 325. The van der Waals surface area contributed by atoms with E-state index < -0.39 is 0 Å². The second kappa shape index (κ2) is 3.16. The lowest BCUT2D eigenvalue weighted by Crippen LogP contribution is -2.05. The Kier molecular flexibility index (Phi) is 2.31. The highest BCUT2D eigenvalue weighted by Gasteiger charge is 2.21. The van der Waals surface area contributed by atoms with Gasteiger partial charge in [0.05, 0.1) is 0 Å². The summed E-state index contributed by atoms with van der Waals surface area (Å²) in [7, 11) is 0. The van der Waals surface area contributed by atoms with E-state index in [1.54, 1.807) is 0 Å². The first-order valence-electron chi connectivity index (χ1n) is 3.92. The number of fused-ring (bicyclic) bond motifs is 1. The van der Waals surface area contributed by atoms with E-state index in [9.17, 15) is 0 Å². The van der Waals surface area contributed by atoms with Gasteiger partial charge in [0.15, 0.2) is 0 Å². The minimum atomic E-state index is 0.157. The topological polar surface area (TPSA) is 26.0 Å². The third-order valence-electron chi connectivity index (χ3n) is 2.28. The Labute approximate surface area is 90.4 Å². The standard InChI is InChI=1S/C9H9ClIN/c10-7-4-6(11)3-5-1-2-8(12)9(5)7/h3-4,8H,1-2,12H2/t8-/m1/s1. The molecule has 0 saturated heterocycles. The van der Waals surface area contributed by atoms with E-state index in [2.05, 4.69) is 28.7 Å². The Morgan fingerprint density at radius 1 is 1.50 bits per heavy atom. The van der Waals surface area contributed by atoms with Crippen LogP contribution in [-0.2, 0) is 6.42 Å². The fourth-order valence-corrected chi connectivity index (χ4v) is 2.97. The lowest BCUT2D eigenvalue weighted by molar-refractivity contribution is 0.713. The second-order valence-electron chi connectivity index (χ2n) is 3.11. The number of benzene rings is 1. The zero-order valence-electron chi connectivity index (χ0n) is 6.48. The number of halogens is 2. The molecular formula is C9H9ClIN. The lowest BCUT2D eigenvalue weighted by atomic mass is 10.1. The van der Waals surface area contributed by atoms with Gasteiger partial charge >= 0.3 is 0 Å². The molecule has 1 aromatic carbocycles. The van der Waals surface area contributed by atoms with Crippen LogP contribution in [0, 0.1) is 3.57 Å². The van der Waals surface area contributed by atoms with Gasteiger partial charge in [0.25, 0.3) is 0 Å². The van der Waals surface area contributed by atoms with Crippen molar-refractivity contribution >= 4 is 34.2 Å². The van der Waals surface area contributed by atoms with Gasteiger partial charge in [-0.25, -0.2) is 0 Å². The van der Waals surface area contributed by atoms with E-state index in [0.717, 1.165) is 23.4 Å². The van der Waals surface area contributed by atoms with Gasteiger partial charge in [-0.2, -0.15) is 0 Å². The molecule has 0 amide bonds. The zero-order valence-corrected chi connectivity index (χ0v) is 9.39. The maximum absolute atomic E-state index is 6.08. The van der Waals surface area contributed by atoms with Crippen molar-refractivity contribution in [2.45, 2.75) is 18.9 Å². The van der Waals surface area contributed by atoms with Gasteiger partial charge < -0.3 is 5.73 Å². The molecule has 1 aromatic rings. The molecule has 2 rings (SSSR count). The van der Waals surface area contributed by atoms with Crippen LogP contribution < -0.4 is 5.73 Å². The number of hydrogen-bond donors (Lipinski definition) is 1. The van der Waals surface area contributed by atoms with Crippen molar-refractivity contribution in [3.8, 4) is 0 Å². The van der Waals surface area contributed by atoms with Crippen LogP contribution in [0.5, 0.6) is 0 Å². The minimum Gasteiger partial charge on any atom is -0.324 e. The highest BCUT2D eigenvalue weighted by Crippen LogP contribution is 2.35. The first-order valence-corrected chi connectivity index (χ1v) is 5.37. The van der Waals surface area contributed by atoms with Gasteiger partial charge in [0.2, 0.25) is 0 Å². The van der Waals surface area contributed by atoms with Gasteiger partial charge in [-0.05, 0) is 58.7 Å². The van der Waals surface area contributed by atoms with Crippen molar-refractivity contribution in [1.29, 1.82) is 0 Å². The highest BCUT2D eigenvalue weighted by atomic mass is 127. The summed E-state index contributed by atoms with van der Waals surface area (Å²) in [5.41, 5.74) is 8.41. The van der Waals surface area contributed by atoms with Crippen LogP contribution in [0.15, 0.2) is 12.1 Å². The smallest absolute Gasteiger partial charge is 0.0467 e. The quantitative estimate of drug-likeness (QED) is 0.731. The predicted octanol–water partition coefficient (Wildman–Crippen LogP) is 2.89. The molecule has 0 aromatic heterocycles. The molecule has 2 N–H and O–H groups in total. The van der Waals surface area contributed by atoms with Crippen LogP contribution in [0.3, 0.4) is 0 Å². The molecule has 1 aliphatic carbocycles. The van der Waals surface area contributed by atoms with E-state index in [0.29, 0.717) is 0 Å². The van der Waals surface area contributed by atoms with Crippen LogP contribution in [0.1, 0.15) is 23.6 Å². The van der Waals surface area contributed by atoms with E-state index in [1.807, 2.05) is 6.07 Å². The zero-order chi connectivity index (χ0) is 8.72. The molecule has 0 radical (unpaired) electrons. The van der Waals surface area contributed by atoms with Crippen LogP contribution in [0.2, 0.25) is 5.02 Å². The molecule has 0 aliphatic heterocycles. The van der Waals surface area contributed by atoms with Crippen molar-refractivity contribution in [3.63, 3.8) is 0 Å². The fraction of sp³-hybridized carbons (Fsp3) is 0.333. The third-order valence-corrected chi connectivity index (χ3v) is 3.21. The van der Waals surface area contributed by atoms with Crippen molar-refractivity contribution in [2.24, 2.45) is 5.73 Å². The van der Waals surface area contributed by atoms with Crippen LogP contribution in [-0.4, -0.2) is 0 Å². The summed E-state index contributed by atoms with van der Waals surface area (Å²) >= 11 is 8.37. The highest BCUT2D eigenvalue weighted by molar-refractivity contribution is 14.1. The van der Waals surface area contributed by atoms with Gasteiger partial charge in [-0.1, -0.05) is 11.6 Å². The lowest BCUT2D eigenvalue weighted by Gasteiger charge is -2.07. The number of hydrogen-bond acceptors (Lipinski definition) is 1. The summed E-state index contributed by atoms with van der Waals surface area (Å²) in [4.78, 5) is 0. The van der Waals surface area contributed by atoms with E-state index in [4.69, 9.17) is 17.3 Å². The van der Waals surface area contributed by atoms with Crippen molar-refractivity contribution in [1.82, 2.24) is 0 Å². The van der Waals surface area contributed by atoms with Crippen molar-refractivity contribution in [2.75, 3.05) is 0 Å². The van der Waals surface area contributed by atoms with E-state index >= 15 is 0 Å². The summed E-state index contributed by atoms with van der Waals surface area (Å²) in [6.45, 7) is 0. The molecule has 1 nitrogen and oxygen atoms in total. The molecule has 64 valence electrons. The molecule has 1 atom stereocenters.